The Morgan fingerprint density at radius 1 is 1.00 bits per heavy atom. The molecule has 2 N–H and O–H groups in total. The summed E-state index contributed by atoms with van der Waals surface area (Å²) in [5, 5.41) is 2.56. The Morgan fingerprint density at radius 3 is 2.30 bits per heavy atom. The Balaban J connectivity index is 1.44. The number of carbonyl (C=O) groups excluding carboxylic acids is 1. The maximum Gasteiger partial charge on any atom is 0.295 e. The SMILES string of the molecule is Cc1cc(C)nc(NS(=O)(=O)c2ccc(NC(=O)c3cccn(OCc4ccc(F)cc4)c3=O)cc2)n1. The fourth-order valence-electron chi connectivity index (χ4n) is 3.34. The Morgan fingerprint density at radius 2 is 1.65 bits per heavy atom. The summed E-state index contributed by atoms with van der Waals surface area (Å²) in [5.41, 5.74) is 1.25. The third-order valence-electron chi connectivity index (χ3n) is 5.07. The molecule has 0 saturated carbocycles. The summed E-state index contributed by atoms with van der Waals surface area (Å²) in [4.78, 5) is 38.9. The minimum Gasteiger partial charge on any atom is -0.406 e. The normalized spacial score (nSPS) is 11.1. The van der Waals surface area contributed by atoms with Crippen molar-refractivity contribution in [2.24, 2.45) is 0 Å². The first kappa shape index (κ1) is 25.5. The number of hydrogen-bond donors (Lipinski definition) is 2. The number of pyridine rings is 1. The first-order valence-corrected chi connectivity index (χ1v) is 12.4. The van der Waals surface area contributed by atoms with Crippen LogP contribution in [0.4, 0.5) is 16.0 Å². The lowest BCUT2D eigenvalue weighted by Crippen LogP contribution is -2.32. The molecule has 0 radical (unpaired) electrons. The molecule has 37 heavy (non-hydrogen) atoms. The number of carbonyl (C=O) groups is 1. The van der Waals surface area contributed by atoms with Gasteiger partial charge in [-0.1, -0.05) is 12.1 Å². The average Bonchev–Trinajstić information content (AvgIpc) is 2.84. The van der Waals surface area contributed by atoms with E-state index >= 15 is 0 Å². The predicted octanol–water partition coefficient (Wildman–Crippen LogP) is 3.08. The van der Waals surface area contributed by atoms with E-state index < -0.39 is 27.3 Å². The average molecular weight is 524 g/mol. The second-order valence-electron chi connectivity index (χ2n) is 8.01. The Bertz CT molecular complexity index is 1580. The molecule has 2 aromatic carbocycles. The van der Waals surface area contributed by atoms with Gasteiger partial charge in [-0.2, -0.15) is 4.73 Å². The molecule has 2 aromatic heterocycles. The van der Waals surface area contributed by atoms with Crippen molar-refractivity contribution in [2.75, 3.05) is 10.0 Å². The van der Waals surface area contributed by atoms with E-state index in [1.807, 2.05) is 0 Å². The molecule has 0 aliphatic rings. The van der Waals surface area contributed by atoms with Crippen LogP contribution in [0.5, 0.6) is 0 Å². The van der Waals surface area contributed by atoms with Crippen LogP contribution in [0.2, 0.25) is 0 Å². The summed E-state index contributed by atoms with van der Waals surface area (Å²) in [6.45, 7) is 3.44. The number of sulfonamides is 1. The fourth-order valence-corrected chi connectivity index (χ4v) is 4.28. The second-order valence-corrected chi connectivity index (χ2v) is 9.69. The van der Waals surface area contributed by atoms with Crippen molar-refractivity contribution in [3.63, 3.8) is 0 Å². The molecule has 0 bridgehead atoms. The number of aromatic nitrogens is 3. The van der Waals surface area contributed by atoms with E-state index in [2.05, 4.69) is 20.0 Å². The smallest absolute Gasteiger partial charge is 0.295 e. The molecular formula is C25H22FN5O5S. The van der Waals surface area contributed by atoms with Gasteiger partial charge in [0.2, 0.25) is 5.95 Å². The number of hydrogen-bond acceptors (Lipinski definition) is 7. The number of halogens is 1. The maximum atomic E-state index is 13.1. The number of rotatable bonds is 8. The Labute approximate surface area is 211 Å². The highest BCUT2D eigenvalue weighted by molar-refractivity contribution is 7.92. The standard InChI is InChI=1S/C25H22FN5O5S/c1-16-14-17(2)28-25(27-16)30-37(34,35)21-11-9-20(10-12-21)29-23(32)22-4-3-13-31(24(22)33)36-15-18-5-7-19(26)8-6-18/h3-14H,15H2,1-2H3,(H,29,32)(H,27,28,30). The van der Waals surface area contributed by atoms with Gasteiger partial charge >= 0.3 is 0 Å². The molecule has 0 unspecified atom stereocenters. The van der Waals surface area contributed by atoms with Crippen molar-refractivity contribution >= 4 is 27.6 Å². The molecule has 0 saturated heterocycles. The van der Waals surface area contributed by atoms with Crippen LogP contribution >= 0.6 is 0 Å². The van der Waals surface area contributed by atoms with Crippen LogP contribution in [0.25, 0.3) is 0 Å². The number of aryl methyl sites for hydroxylation is 2. The van der Waals surface area contributed by atoms with Gasteiger partial charge in [-0.15, -0.1) is 0 Å². The summed E-state index contributed by atoms with van der Waals surface area (Å²) in [7, 11) is -3.97. The molecule has 4 rings (SSSR count). The van der Waals surface area contributed by atoms with Gasteiger partial charge in [0, 0.05) is 23.3 Å². The summed E-state index contributed by atoms with van der Waals surface area (Å²) in [6, 6.07) is 15.5. The fraction of sp³-hybridized carbons (Fsp3) is 0.120. The maximum absolute atomic E-state index is 13.1. The molecule has 0 spiro atoms. The zero-order valence-electron chi connectivity index (χ0n) is 19.8. The lowest BCUT2D eigenvalue weighted by atomic mass is 10.2. The van der Waals surface area contributed by atoms with Crippen LogP contribution in [0, 0.1) is 19.7 Å². The van der Waals surface area contributed by atoms with Gasteiger partial charge in [-0.25, -0.2) is 27.5 Å². The van der Waals surface area contributed by atoms with Crippen LogP contribution in [-0.2, 0) is 16.6 Å². The molecule has 0 fully saturated rings. The van der Waals surface area contributed by atoms with E-state index in [9.17, 15) is 22.4 Å². The van der Waals surface area contributed by atoms with E-state index in [-0.39, 0.29) is 28.7 Å². The van der Waals surface area contributed by atoms with Gasteiger partial charge in [-0.3, -0.25) is 9.59 Å². The van der Waals surface area contributed by atoms with Gasteiger partial charge in [0.1, 0.15) is 18.0 Å². The molecule has 4 aromatic rings. The highest BCUT2D eigenvalue weighted by Crippen LogP contribution is 2.17. The van der Waals surface area contributed by atoms with Crippen LogP contribution in [-0.4, -0.2) is 29.0 Å². The van der Waals surface area contributed by atoms with Crippen LogP contribution in [0.15, 0.2) is 82.6 Å². The molecule has 10 nitrogen and oxygen atoms in total. The van der Waals surface area contributed by atoms with Crippen molar-refractivity contribution in [3.8, 4) is 0 Å². The first-order chi connectivity index (χ1) is 17.6. The van der Waals surface area contributed by atoms with Gasteiger partial charge in [0.15, 0.2) is 0 Å². The Hall–Kier alpha value is -4.58. The monoisotopic (exact) mass is 523 g/mol. The third kappa shape index (κ3) is 6.35. The zero-order chi connectivity index (χ0) is 26.6. The Kier molecular flexibility index (Phi) is 7.30. The minimum atomic E-state index is -3.97. The van der Waals surface area contributed by atoms with E-state index in [4.69, 9.17) is 4.84 Å². The molecule has 2 heterocycles. The van der Waals surface area contributed by atoms with Crippen molar-refractivity contribution in [3.05, 3.63) is 112 Å². The molecule has 0 atom stereocenters. The lowest BCUT2D eigenvalue weighted by Gasteiger charge is -2.11. The lowest BCUT2D eigenvalue weighted by molar-refractivity contribution is 0.0863. The van der Waals surface area contributed by atoms with Gasteiger partial charge in [-0.05, 0) is 74.0 Å². The van der Waals surface area contributed by atoms with Gasteiger partial charge in [0.05, 0.1) is 4.90 Å². The molecule has 0 aliphatic carbocycles. The third-order valence-corrected chi connectivity index (χ3v) is 6.42. The summed E-state index contributed by atoms with van der Waals surface area (Å²) >= 11 is 0. The van der Waals surface area contributed by atoms with Crippen LogP contribution in [0.1, 0.15) is 27.3 Å². The number of nitrogens with one attached hydrogen (secondary N) is 2. The van der Waals surface area contributed by atoms with Crippen LogP contribution < -0.4 is 20.4 Å². The molecule has 12 heteroatoms. The van der Waals surface area contributed by atoms with Gasteiger partial charge < -0.3 is 10.2 Å². The minimum absolute atomic E-state index is 0.0115. The first-order valence-electron chi connectivity index (χ1n) is 11.0. The summed E-state index contributed by atoms with van der Waals surface area (Å²) < 4.78 is 41.7. The van der Waals surface area contributed by atoms with Crippen molar-refractivity contribution in [2.45, 2.75) is 25.3 Å². The molecular weight excluding hydrogens is 501 g/mol. The van der Waals surface area contributed by atoms with E-state index in [0.29, 0.717) is 17.0 Å². The highest BCUT2D eigenvalue weighted by atomic mass is 32.2. The topological polar surface area (TPSA) is 132 Å². The largest absolute Gasteiger partial charge is 0.406 e. The van der Waals surface area contributed by atoms with Gasteiger partial charge in [0.25, 0.3) is 21.5 Å². The number of nitrogens with zero attached hydrogens (tertiary/aromatic N) is 3. The summed E-state index contributed by atoms with van der Waals surface area (Å²) in [6.07, 6.45) is 1.36. The van der Waals surface area contributed by atoms with Crippen LogP contribution in [0.3, 0.4) is 0 Å². The number of amides is 1. The molecule has 190 valence electrons. The predicted molar refractivity (Wildman–Crippen MR) is 134 cm³/mol. The number of benzene rings is 2. The number of anilines is 2. The molecule has 0 aliphatic heterocycles. The van der Waals surface area contributed by atoms with Crippen molar-refractivity contribution in [1.82, 2.24) is 14.7 Å². The quantitative estimate of drug-likeness (QED) is 0.363. The van der Waals surface area contributed by atoms with Crippen molar-refractivity contribution in [1.29, 1.82) is 0 Å². The highest BCUT2D eigenvalue weighted by Gasteiger charge is 2.17. The zero-order valence-corrected chi connectivity index (χ0v) is 20.6. The molecule has 1 amide bonds. The van der Waals surface area contributed by atoms with E-state index in [1.165, 1.54) is 66.9 Å². The van der Waals surface area contributed by atoms with E-state index in [1.54, 1.807) is 19.9 Å². The van der Waals surface area contributed by atoms with Crippen molar-refractivity contribution < 1.29 is 22.4 Å². The second kappa shape index (κ2) is 10.6. The summed E-state index contributed by atoms with van der Waals surface area (Å²) in [5.74, 6) is -1.14. The van der Waals surface area contributed by atoms with E-state index in [0.717, 1.165) is 4.73 Å².